The molecule has 2 unspecified atom stereocenters. The van der Waals surface area contributed by atoms with E-state index in [0.29, 0.717) is 38.3 Å². The van der Waals surface area contributed by atoms with Crippen LogP contribution in [0.15, 0.2) is 35.3 Å². The Morgan fingerprint density at radius 1 is 0.849 bits per heavy atom. The minimum Gasteiger partial charge on any atom is -0.378 e. The normalized spacial score (nSPS) is 10.3. The summed E-state index contributed by atoms with van der Waals surface area (Å²) in [5, 5.41) is 12.6. The number of carbonyl (C=O) groups is 5. The minimum absolute atomic E-state index is 0.182. The summed E-state index contributed by atoms with van der Waals surface area (Å²) in [6.07, 6.45) is 3.91. The number of hydrogen-bond donors (Lipinski definition) is 8. The average Bonchev–Trinajstić information content (AvgIpc) is 3.16. The van der Waals surface area contributed by atoms with E-state index in [1.165, 1.54) is 11.8 Å². The van der Waals surface area contributed by atoms with Gasteiger partial charge in [-0.2, -0.15) is 11.8 Å². The van der Waals surface area contributed by atoms with E-state index in [2.05, 4.69) is 52.3 Å². The Labute approximate surface area is 324 Å². The van der Waals surface area contributed by atoms with Gasteiger partial charge in [-0.05, 0) is 36.3 Å². The summed E-state index contributed by atoms with van der Waals surface area (Å²) < 4.78 is 5.17. The zero-order chi connectivity index (χ0) is 41.9. The molecule has 0 aliphatic rings. The van der Waals surface area contributed by atoms with Crippen LogP contribution in [0.4, 0.5) is 0 Å². The van der Waals surface area contributed by atoms with Gasteiger partial charge in [0.1, 0.15) is 12.1 Å². The Kier molecular flexibility index (Phi) is 50.8. The largest absolute Gasteiger partial charge is 0.378 e. The van der Waals surface area contributed by atoms with Gasteiger partial charge in [0.05, 0.1) is 26.3 Å². The molecule has 0 saturated carbocycles. The SMILES string of the molecule is CC.CC.CC.CC(C)C.CCCN=C(N)N.CSCCC(NC=O)C(=O)NCC(=O)NC(Cc1ccccc1)C(=O)NCC(=O)NCCOCCN. The van der Waals surface area contributed by atoms with Gasteiger partial charge in [0, 0.05) is 26.1 Å². The number of ether oxygens (including phenoxy) is 1. The molecule has 0 spiro atoms. The molecule has 310 valence electrons. The summed E-state index contributed by atoms with van der Waals surface area (Å²) in [6.45, 7) is 22.0. The molecule has 0 aliphatic carbocycles. The second-order valence-electron chi connectivity index (χ2n) is 10.7. The number of guanidine groups is 1. The molecule has 0 bridgehead atoms. The van der Waals surface area contributed by atoms with Crippen molar-refractivity contribution in [3.8, 4) is 0 Å². The lowest BCUT2D eigenvalue weighted by molar-refractivity contribution is -0.131. The minimum atomic E-state index is -0.974. The molecule has 15 nitrogen and oxygen atoms in total. The maximum Gasteiger partial charge on any atom is 0.243 e. The van der Waals surface area contributed by atoms with Gasteiger partial charge < -0.3 is 48.5 Å². The zero-order valence-electron chi connectivity index (χ0n) is 34.5. The van der Waals surface area contributed by atoms with Crippen molar-refractivity contribution in [2.45, 2.75) is 101 Å². The Morgan fingerprint density at radius 2 is 1.38 bits per heavy atom. The van der Waals surface area contributed by atoms with Gasteiger partial charge >= 0.3 is 0 Å². The third-order valence-corrected chi connectivity index (χ3v) is 5.97. The first-order valence-corrected chi connectivity index (χ1v) is 20.0. The number of aliphatic imine (C=N–C) groups is 1. The molecule has 0 aliphatic heterocycles. The molecule has 0 aromatic heterocycles. The van der Waals surface area contributed by atoms with Gasteiger partial charge in [-0.1, -0.05) is 99.6 Å². The van der Waals surface area contributed by atoms with E-state index >= 15 is 0 Å². The summed E-state index contributed by atoms with van der Waals surface area (Å²) in [5.74, 6) is -0.372. The monoisotopic (exact) mass is 774 g/mol. The maximum atomic E-state index is 12.8. The quantitative estimate of drug-likeness (QED) is 0.0392. The van der Waals surface area contributed by atoms with E-state index < -0.39 is 35.7 Å². The number of thioether (sulfide) groups is 1. The second-order valence-corrected chi connectivity index (χ2v) is 11.6. The highest BCUT2D eigenvalue weighted by Crippen LogP contribution is 2.04. The average molecular weight is 774 g/mol. The predicted octanol–water partition coefficient (Wildman–Crippen LogP) is 2.32. The molecule has 2 atom stereocenters. The number of amides is 5. The molecular weight excluding hydrogens is 699 g/mol. The smallest absolute Gasteiger partial charge is 0.243 e. The third-order valence-electron chi connectivity index (χ3n) is 5.33. The number of carbonyl (C=O) groups excluding carboxylic acids is 5. The van der Waals surface area contributed by atoms with Crippen LogP contribution in [-0.4, -0.2) is 106 Å². The van der Waals surface area contributed by atoms with E-state index in [1.807, 2.05) is 72.9 Å². The lowest BCUT2D eigenvalue weighted by Crippen LogP contribution is -2.53. The van der Waals surface area contributed by atoms with E-state index in [4.69, 9.17) is 21.9 Å². The molecule has 16 heteroatoms. The highest BCUT2D eigenvalue weighted by atomic mass is 32.2. The van der Waals surface area contributed by atoms with E-state index in [1.54, 1.807) is 12.1 Å². The molecule has 1 aromatic carbocycles. The number of nitrogens with two attached hydrogens (primary N) is 3. The van der Waals surface area contributed by atoms with Gasteiger partial charge in [0.25, 0.3) is 0 Å². The van der Waals surface area contributed by atoms with Crippen LogP contribution in [0, 0.1) is 5.92 Å². The summed E-state index contributed by atoms with van der Waals surface area (Å²) in [5.41, 5.74) is 16.1. The molecule has 0 radical (unpaired) electrons. The fourth-order valence-corrected chi connectivity index (χ4v) is 3.72. The van der Waals surface area contributed by atoms with Crippen molar-refractivity contribution in [3.05, 3.63) is 35.9 Å². The van der Waals surface area contributed by atoms with Gasteiger partial charge in [0.15, 0.2) is 5.96 Å². The Hall–Kier alpha value is -3.89. The lowest BCUT2D eigenvalue weighted by atomic mass is 10.1. The van der Waals surface area contributed by atoms with Crippen molar-refractivity contribution in [1.29, 1.82) is 0 Å². The number of hydrogen-bond acceptors (Lipinski definition) is 9. The van der Waals surface area contributed by atoms with Crippen molar-refractivity contribution in [3.63, 3.8) is 0 Å². The van der Waals surface area contributed by atoms with Crippen molar-refractivity contribution < 1.29 is 28.7 Å². The fraction of sp³-hybridized carbons (Fsp3) is 0.676. The number of nitrogens with one attached hydrogen (secondary N) is 5. The predicted molar refractivity (Wildman–Crippen MR) is 222 cm³/mol. The Morgan fingerprint density at radius 3 is 1.83 bits per heavy atom. The van der Waals surface area contributed by atoms with E-state index in [-0.39, 0.29) is 32.0 Å². The van der Waals surface area contributed by atoms with Crippen LogP contribution in [0.25, 0.3) is 0 Å². The number of benzene rings is 1. The highest BCUT2D eigenvalue weighted by Gasteiger charge is 2.23. The van der Waals surface area contributed by atoms with E-state index in [9.17, 15) is 24.0 Å². The molecule has 1 aromatic rings. The Balaban J connectivity index is -0.000000379. The van der Waals surface area contributed by atoms with Gasteiger partial charge in [0.2, 0.25) is 30.0 Å². The Bertz CT molecular complexity index is 1030. The van der Waals surface area contributed by atoms with Crippen molar-refractivity contribution in [2.24, 2.45) is 28.1 Å². The summed E-state index contributed by atoms with van der Waals surface area (Å²) in [7, 11) is 0. The summed E-state index contributed by atoms with van der Waals surface area (Å²) >= 11 is 1.52. The molecule has 0 heterocycles. The van der Waals surface area contributed by atoms with E-state index in [0.717, 1.165) is 24.4 Å². The van der Waals surface area contributed by atoms with Crippen LogP contribution in [-0.2, 0) is 35.1 Å². The first-order valence-electron chi connectivity index (χ1n) is 18.6. The van der Waals surface area contributed by atoms with Crippen molar-refractivity contribution in [2.75, 3.05) is 57.9 Å². The van der Waals surface area contributed by atoms with Crippen LogP contribution >= 0.6 is 11.8 Å². The van der Waals surface area contributed by atoms with Crippen LogP contribution in [0.5, 0.6) is 0 Å². The highest BCUT2D eigenvalue weighted by molar-refractivity contribution is 7.98. The van der Waals surface area contributed by atoms with Crippen LogP contribution in [0.2, 0.25) is 0 Å². The van der Waals surface area contributed by atoms with Gasteiger partial charge in [-0.25, -0.2) is 0 Å². The zero-order valence-corrected chi connectivity index (χ0v) is 35.3. The maximum absolute atomic E-state index is 12.8. The molecule has 53 heavy (non-hydrogen) atoms. The van der Waals surface area contributed by atoms with Crippen molar-refractivity contribution >= 4 is 47.8 Å². The second kappa shape index (κ2) is 46.1. The standard InChI is InChI=1S/C23H36N6O6S.C4H11N3.C4H10.3C2H6/c1-36-12-7-18(28-16-30)22(33)27-15-21(32)29-19(13-17-5-3-2-4-6-17)23(34)26-14-20(31)25-9-11-35-10-8-24;1-2-3-7-4(5)6;1-4(2)3;3*1-2/h2-6,16,18-19H,7-15,24H2,1H3,(H,25,31)(H,26,34)(H,27,33)(H,28,30)(H,29,32);2-3H2,1H3,(H4,5,6,7);4H,1-3H3;3*1-2H3. The molecule has 5 amide bonds. The van der Waals surface area contributed by atoms with Gasteiger partial charge in [-0.3, -0.25) is 29.0 Å². The topological polar surface area (TPSA) is 245 Å². The summed E-state index contributed by atoms with van der Waals surface area (Å²) in [4.78, 5) is 64.1. The van der Waals surface area contributed by atoms with Crippen molar-refractivity contribution in [1.82, 2.24) is 26.6 Å². The number of nitrogens with zero attached hydrogens (tertiary/aromatic N) is 1. The third kappa shape index (κ3) is 44.2. The first kappa shape index (κ1) is 58.4. The fourth-order valence-electron chi connectivity index (χ4n) is 3.24. The number of rotatable bonds is 21. The lowest BCUT2D eigenvalue weighted by Gasteiger charge is -2.20. The van der Waals surface area contributed by atoms with Crippen LogP contribution in [0.1, 0.15) is 87.6 Å². The first-order chi connectivity index (χ1) is 25.4. The van der Waals surface area contributed by atoms with Crippen LogP contribution in [0.3, 0.4) is 0 Å². The van der Waals surface area contributed by atoms with Gasteiger partial charge in [-0.15, -0.1) is 0 Å². The van der Waals surface area contributed by atoms with Crippen LogP contribution < -0.4 is 43.8 Å². The molecule has 0 fully saturated rings. The summed E-state index contributed by atoms with van der Waals surface area (Å²) in [6, 6.07) is 7.33. The molecular formula is C37H75N9O6S. The molecule has 1 rings (SSSR count). The molecule has 11 N–H and O–H groups in total. The molecule has 0 saturated heterocycles.